The van der Waals surface area contributed by atoms with Crippen LogP contribution in [0.1, 0.15) is 42.1 Å². The molecule has 1 aromatic heterocycles. The molecule has 1 heterocycles. The van der Waals surface area contributed by atoms with Crippen LogP contribution in [0.15, 0.2) is 35.0 Å². The number of rotatable bonds is 3. The third kappa shape index (κ3) is 2.64. The van der Waals surface area contributed by atoms with Crippen molar-refractivity contribution < 1.29 is 9.42 Å². The summed E-state index contributed by atoms with van der Waals surface area (Å²) in [6, 6.07) is 10.5. The van der Waals surface area contributed by atoms with Crippen molar-refractivity contribution in [2.24, 2.45) is 5.92 Å². The monoisotopic (exact) mass is 270 g/mol. The normalized spacial score (nSPS) is 22.9. The van der Waals surface area contributed by atoms with Crippen molar-refractivity contribution >= 4 is 5.78 Å². The second-order valence-electron chi connectivity index (χ2n) is 5.55. The van der Waals surface area contributed by atoms with Crippen LogP contribution in [-0.4, -0.2) is 16.1 Å². The Hall–Kier alpha value is -1.97. The zero-order chi connectivity index (χ0) is 13.9. The van der Waals surface area contributed by atoms with Crippen molar-refractivity contribution in [2.45, 2.75) is 38.5 Å². The molecule has 4 nitrogen and oxygen atoms in total. The first-order valence-corrected chi connectivity index (χ1v) is 7.09. The van der Waals surface area contributed by atoms with E-state index in [-0.39, 0.29) is 5.92 Å². The highest BCUT2D eigenvalue weighted by molar-refractivity contribution is 5.82. The van der Waals surface area contributed by atoms with Crippen LogP contribution in [0.5, 0.6) is 0 Å². The molecule has 0 aliphatic heterocycles. The quantitative estimate of drug-likeness (QED) is 0.860. The summed E-state index contributed by atoms with van der Waals surface area (Å²) in [6.45, 7) is 1.87. The Morgan fingerprint density at radius 1 is 1.25 bits per heavy atom. The van der Waals surface area contributed by atoms with Crippen LogP contribution in [0.2, 0.25) is 0 Å². The second kappa shape index (κ2) is 5.57. The summed E-state index contributed by atoms with van der Waals surface area (Å²) >= 11 is 0. The first kappa shape index (κ1) is 13.0. The van der Waals surface area contributed by atoms with Gasteiger partial charge in [0.2, 0.25) is 0 Å². The first-order chi connectivity index (χ1) is 9.74. The molecule has 4 heteroatoms. The highest BCUT2D eigenvalue weighted by atomic mass is 16.6. The van der Waals surface area contributed by atoms with Crippen LogP contribution in [0.25, 0.3) is 0 Å². The number of ketones is 1. The maximum Gasteiger partial charge on any atom is 0.136 e. The van der Waals surface area contributed by atoms with Crippen LogP contribution in [0.3, 0.4) is 0 Å². The molecule has 0 spiro atoms. The maximum absolute atomic E-state index is 12.1. The van der Waals surface area contributed by atoms with Crippen molar-refractivity contribution in [1.29, 1.82) is 0 Å². The Morgan fingerprint density at radius 2 is 2.05 bits per heavy atom. The minimum atomic E-state index is 0.0413. The number of Topliss-reactive ketones (excluding diaryl/α,β-unsaturated/α-hetero) is 1. The van der Waals surface area contributed by atoms with Gasteiger partial charge < -0.3 is 0 Å². The van der Waals surface area contributed by atoms with E-state index in [0.29, 0.717) is 24.5 Å². The summed E-state index contributed by atoms with van der Waals surface area (Å²) in [5.74, 6) is 0.859. The average molecular weight is 270 g/mol. The predicted molar refractivity (Wildman–Crippen MR) is 74.3 cm³/mol. The molecule has 0 radical (unpaired) electrons. The molecule has 2 aromatic rings. The Kier molecular flexibility index (Phi) is 3.63. The van der Waals surface area contributed by atoms with Crippen LogP contribution < -0.4 is 0 Å². The lowest BCUT2D eigenvalue weighted by molar-refractivity contribution is -0.124. The topological polar surface area (TPSA) is 56.0 Å². The Bertz CT molecular complexity index is 592. The van der Waals surface area contributed by atoms with Gasteiger partial charge >= 0.3 is 0 Å². The van der Waals surface area contributed by atoms with E-state index in [9.17, 15) is 4.79 Å². The fraction of sp³-hybridized carbons (Fsp3) is 0.438. The van der Waals surface area contributed by atoms with Gasteiger partial charge in [0.25, 0.3) is 0 Å². The molecule has 2 atom stereocenters. The number of carbonyl (C=O) groups excluding carboxylic acids is 1. The number of aromatic nitrogens is 2. The average Bonchev–Trinajstić information content (AvgIpc) is 2.88. The molecule has 20 heavy (non-hydrogen) atoms. The number of benzene rings is 1. The smallest absolute Gasteiger partial charge is 0.136 e. The minimum absolute atomic E-state index is 0.0413. The molecular weight excluding hydrogens is 252 g/mol. The van der Waals surface area contributed by atoms with E-state index in [2.05, 4.69) is 34.6 Å². The summed E-state index contributed by atoms with van der Waals surface area (Å²) in [5.41, 5.74) is 2.94. The van der Waals surface area contributed by atoms with Gasteiger partial charge in [0.1, 0.15) is 17.2 Å². The predicted octanol–water partition coefficient (Wildman–Crippen LogP) is 3.07. The Balaban J connectivity index is 1.74. The molecule has 1 aliphatic carbocycles. The van der Waals surface area contributed by atoms with Gasteiger partial charge in [0, 0.05) is 18.8 Å². The summed E-state index contributed by atoms with van der Waals surface area (Å²) in [6.07, 6.45) is 3.16. The van der Waals surface area contributed by atoms with Crippen LogP contribution in [-0.2, 0) is 11.2 Å². The lowest BCUT2D eigenvalue weighted by Gasteiger charge is -2.28. The molecule has 1 aliphatic rings. The van der Waals surface area contributed by atoms with Crippen molar-refractivity contribution in [1.82, 2.24) is 10.3 Å². The van der Waals surface area contributed by atoms with Gasteiger partial charge in [0.15, 0.2) is 0 Å². The second-order valence-corrected chi connectivity index (χ2v) is 5.55. The summed E-state index contributed by atoms with van der Waals surface area (Å²) in [4.78, 5) is 12.1. The molecule has 0 amide bonds. The van der Waals surface area contributed by atoms with Gasteiger partial charge in [-0.25, -0.2) is 4.63 Å². The lowest BCUT2D eigenvalue weighted by Crippen LogP contribution is -2.26. The molecule has 1 fully saturated rings. The highest BCUT2D eigenvalue weighted by Crippen LogP contribution is 2.35. The zero-order valence-corrected chi connectivity index (χ0v) is 11.6. The zero-order valence-electron chi connectivity index (χ0n) is 11.6. The fourth-order valence-corrected chi connectivity index (χ4v) is 3.01. The molecule has 2 unspecified atom stereocenters. The number of hydrogen-bond acceptors (Lipinski definition) is 4. The number of carbonyl (C=O) groups is 1. The molecule has 0 bridgehead atoms. The number of hydrogen-bond donors (Lipinski definition) is 0. The van der Waals surface area contributed by atoms with Gasteiger partial charge in [-0.15, -0.1) is 0 Å². The Morgan fingerprint density at radius 3 is 2.75 bits per heavy atom. The molecule has 1 aromatic carbocycles. The van der Waals surface area contributed by atoms with Crippen LogP contribution >= 0.6 is 0 Å². The number of aryl methyl sites for hydroxylation is 1. The molecular formula is C16H18N2O2. The minimum Gasteiger partial charge on any atom is -0.299 e. The maximum atomic E-state index is 12.1. The summed E-state index contributed by atoms with van der Waals surface area (Å²) in [5, 5.41) is 7.69. The van der Waals surface area contributed by atoms with Crippen molar-refractivity contribution in [3.05, 3.63) is 47.3 Å². The Labute approximate surface area is 118 Å². The van der Waals surface area contributed by atoms with Crippen molar-refractivity contribution in [2.75, 3.05) is 0 Å². The van der Waals surface area contributed by atoms with Gasteiger partial charge in [0.05, 0.1) is 0 Å². The molecule has 104 valence electrons. The van der Waals surface area contributed by atoms with Crippen molar-refractivity contribution in [3.63, 3.8) is 0 Å². The van der Waals surface area contributed by atoms with E-state index in [4.69, 9.17) is 4.63 Å². The van der Waals surface area contributed by atoms with Crippen LogP contribution in [0, 0.1) is 12.8 Å². The fourth-order valence-electron chi connectivity index (χ4n) is 3.01. The standard InChI is InChI=1S/C16H18N2O2/c1-11-15(18-20-17-11)10-14-9-13(7-8-16(14)19)12-5-3-2-4-6-12/h2-6,13-14H,7-10H2,1H3. The van der Waals surface area contributed by atoms with E-state index >= 15 is 0 Å². The molecule has 0 N–H and O–H groups in total. The van der Waals surface area contributed by atoms with E-state index < -0.39 is 0 Å². The van der Waals surface area contributed by atoms with E-state index in [1.54, 1.807) is 0 Å². The largest absolute Gasteiger partial charge is 0.299 e. The van der Waals surface area contributed by atoms with E-state index in [1.165, 1.54) is 5.56 Å². The summed E-state index contributed by atoms with van der Waals surface area (Å²) < 4.78 is 4.72. The lowest BCUT2D eigenvalue weighted by atomic mass is 9.75. The molecule has 3 rings (SSSR count). The third-order valence-electron chi connectivity index (χ3n) is 4.22. The third-order valence-corrected chi connectivity index (χ3v) is 4.22. The van der Waals surface area contributed by atoms with Crippen LogP contribution in [0.4, 0.5) is 0 Å². The molecule has 0 saturated heterocycles. The summed E-state index contributed by atoms with van der Waals surface area (Å²) in [7, 11) is 0. The SMILES string of the molecule is Cc1nonc1CC1CC(c2ccccc2)CCC1=O. The van der Waals surface area contributed by atoms with Gasteiger partial charge in [-0.1, -0.05) is 40.6 Å². The first-order valence-electron chi connectivity index (χ1n) is 7.09. The van der Waals surface area contributed by atoms with Gasteiger partial charge in [-0.3, -0.25) is 4.79 Å². The van der Waals surface area contributed by atoms with Crippen molar-refractivity contribution in [3.8, 4) is 0 Å². The highest BCUT2D eigenvalue weighted by Gasteiger charge is 2.30. The van der Waals surface area contributed by atoms with Gasteiger partial charge in [-0.05, 0) is 31.2 Å². The van der Waals surface area contributed by atoms with E-state index in [0.717, 1.165) is 24.2 Å². The number of nitrogens with zero attached hydrogens (tertiary/aromatic N) is 2. The molecule has 1 saturated carbocycles. The van der Waals surface area contributed by atoms with Gasteiger partial charge in [-0.2, -0.15) is 0 Å². The van der Waals surface area contributed by atoms with E-state index in [1.807, 2.05) is 13.0 Å².